The molecule has 0 bridgehead atoms. The average molecular weight is 595 g/mol. The van der Waals surface area contributed by atoms with Crippen LogP contribution >= 0.6 is 0 Å². The van der Waals surface area contributed by atoms with Gasteiger partial charge in [0.1, 0.15) is 28.5 Å². The highest BCUT2D eigenvalue weighted by atomic mass is 19.3. The van der Waals surface area contributed by atoms with Gasteiger partial charge in [-0.2, -0.15) is 0 Å². The van der Waals surface area contributed by atoms with Crippen molar-refractivity contribution < 1.29 is 46.1 Å². The van der Waals surface area contributed by atoms with Crippen LogP contribution in [-0.2, 0) is 17.6 Å². The molecule has 0 aliphatic carbocycles. The predicted octanol–water partition coefficient (Wildman–Crippen LogP) is 4.94. The summed E-state index contributed by atoms with van der Waals surface area (Å²) in [5, 5.41) is 29.0. The van der Waals surface area contributed by atoms with Gasteiger partial charge < -0.3 is 20.7 Å². The molecule has 4 N–H and O–H groups in total. The molecule has 4 aromatic rings. The number of aliphatic hydroxyl groups is 2. The van der Waals surface area contributed by atoms with Crippen LogP contribution in [0.15, 0.2) is 42.5 Å². The number of primary amides is 1. The highest BCUT2D eigenvalue weighted by molar-refractivity contribution is 6.00. The second-order valence-corrected chi connectivity index (χ2v) is 9.99. The van der Waals surface area contributed by atoms with E-state index in [0.29, 0.717) is 6.07 Å². The van der Waals surface area contributed by atoms with E-state index in [1.165, 1.54) is 7.11 Å². The summed E-state index contributed by atoms with van der Waals surface area (Å²) in [4.78, 5) is 15.8. The lowest BCUT2D eigenvalue weighted by Crippen LogP contribution is -2.39. The molecule has 2 aromatic heterocycles. The fraction of sp³-hybridized carbons (Fsp3) is 0.286. The van der Waals surface area contributed by atoms with E-state index < -0.39 is 76.2 Å². The van der Waals surface area contributed by atoms with Crippen LogP contribution in [0.3, 0.4) is 0 Å². The highest BCUT2D eigenvalue weighted by Crippen LogP contribution is 2.41. The number of benzene rings is 2. The zero-order valence-corrected chi connectivity index (χ0v) is 22.3. The van der Waals surface area contributed by atoms with Crippen LogP contribution in [-0.4, -0.2) is 44.8 Å². The molecule has 14 heteroatoms. The Morgan fingerprint density at radius 2 is 1.67 bits per heavy atom. The van der Waals surface area contributed by atoms with Gasteiger partial charge in [0.25, 0.3) is 12.9 Å². The number of carbonyl (C=O) groups excluding carboxylic acids is 1. The average Bonchev–Trinajstić information content (AvgIpc) is 2.92. The Kier molecular flexibility index (Phi) is 8.16. The first kappa shape index (κ1) is 30.7. The molecule has 4 rings (SSSR count). The van der Waals surface area contributed by atoms with Crippen molar-refractivity contribution >= 4 is 16.8 Å². The van der Waals surface area contributed by atoms with E-state index in [-0.39, 0.29) is 27.8 Å². The van der Waals surface area contributed by atoms with Crippen molar-refractivity contribution in [3.05, 3.63) is 82.2 Å². The Labute approximate surface area is 234 Å². The minimum atomic E-state index is -3.72. The van der Waals surface area contributed by atoms with E-state index in [0.717, 1.165) is 50.2 Å². The van der Waals surface area contributed by atoms with Gasteiger partial charge in [-0.3, -0.25) is 4.79 Å². The summed E-state index contributed by atoms with van der Waals surface area (Å²) in [6.07, 6.45) is -8.37. The summed E-state index contributed by atoms with van der Waals surface area (Å²) >= 11 is 0. The molecule has 0 saturated carbocycles. The van der Waals surface area contributed by atoms with E-state index in [9.17, 15) is 37.0 Å². The van der Waals surface area contributed by atoms with E-state index in [4.69, 9.17) is 10.5 Å². The number of rotatable bonds is 9. The number of nitrogens with two attached hydrogens (primary N) is 1. The normalized spacial score (nSPS) is 13.5. The molecule has 222 valence electrons. The standard InChI is InChI=1S/C28H24F6N4O4/c1-27(2,40)17-10-19(36-21(20(17)30)12-4-6-14(29)7-5-12)28(41,26(33)34)11-16-15-8-13(25(35)39)9-18(42-3)22(15)37-38-23(16)24(31)32/h4-10,24,26,40-41H,11H2,1-3H3,(H2,35,39). The lowest BCUT2D eigenvalue weighted by molar-refractivity contribution is -0.105. The van der Waals surface area contributed by atoms with Crippen molar-refractivity contribution in [2.45, 2.75) is 44.3 Å². The largest absolute Gasteiger partial charge is 0.494 e. The highest BCUT2D eigenvalue weighted by Gasteiger charge is 2.45. The minimum absolute atomic E-state index is 0.0852. The Morgan fingerprint density at radius 3 is 2.19 bits per heavy atom. The number of carbonyl (C=O) groups is 1. The zero-order valence-electron chi connectivity index (χ0n) is 22.3. The first-order valence-corrected chi connectivity index (χ1v) is 12.2. The van der Waals surface area contributed by atoms with Crippen LogP contribution in [0.25, 0.3) is 22.2 Å². The molecule has 8 nitrogen and oxygen atoms in total. The van der Waals surface area contributed by atoms with Gasteiger partial charge in [0, 0.05) is 28.5 Å². The molecule has 0 radical (unpaired) electrons. The van der Waals surface area contributed by atoms with Crippen LogP contribution in [0.2, 0.25) is 0 Å². The number of fused-ring (bicyclic) bond motifs is 1. The third-order valence-corrected chi connectivity index (χ3v) is 6.66. The number of hydrogen-bond acceptors (Lipinski definition) is 7. The van der Waals surface area contributed by atoms with Gasteiger partial charge in [-0.25, -0.2) is 31.3 Å². The Hall–Kier alpha value is -4.30. The van der Waals surface area contributed by atoms with Gasteiger partial charge in [-0.15, -0.1) is 10.2 Å². The van der Waals surface area contributed by atoms with Crippen molar-refractivity contribution in [1.29, 1.82) is 0 Å². The lowest BCUT2D eigenvalue weighted by Gasteiger charge is -2.30. The smallest absolute Gasteiger partial charge is 0.282 e. The van der Waals surface area contributed by atoms with E-state index >= 15 is 4.39 Å². The van der Waals surface area contributed by atoms with Gasteiger partial charge in [0.2, 0.25) is 5.91 Å². The first-order chi connectivity index (χ1) is 19.6. The fourth-order valence-electron chi connectivity index (χ4n) is 4.45. The monoisotopic (exact) mass is 594 g/mol. The molecule has 42 heavy (non-hydrogen) atoms. The number of nitrogens with zero attached hydrogens (tertiary/aromatic N) is 3. The summed E-state index contributed by atoms with van der Waals surface area (Å²) < 4.78 is 92.2. The maximum atomic E-state index is 15.6. The summed E-state index contributed by atoms with van der Waals surface area (Å²) in [7, 11) is 1.18. The summed E-state index contributed by atoms with van der Waals surface area (Å²) in [5.41, 5.74) is -4.35. The molecule has 0 aliphatic rings. The van der Waals surface area contributed by atoms with Crippen LogP contribution in [0.4, 0.5) is 26.3 Å². The molecule has 0 saturated heterocycles. The summed E-state index contributed by atoms with van der Waals surface area (Å²) in [5.74, 6) is -2.97. The van der Waals surface area contributed by atoms with Crippen LogP contribution < -0.4 is 10.5 Å². The predicted molar refractivity (Wildman–Crippen MR) is 138 cm³/mol. The van der Waals surface area contributed by atoms with Crippen LogP contribution in [0.5, 0.6) is 5.75 Å². The maximum Gasteiger partial charge on any atom is 0.282 e. The second-order valence-electron chi connectivity index (χ2n) is 9.99. The molecular weight excluding hydrogens is 570 g/mol. The fourth-order valence-corrected chi connectivity index (χ4v) is 4.45. The van der Waals surface area contributed by atoms with Crippen LogP contribution in [0, 0.1) is 11.6 Å². The number of hydrogen-bond donors (Lipinski definition) is 3. The minimum Gasteiger partial charge on any atom is -0.494 e. The van der Waals surface area contributed by atoms with Crippen LogP contribution in [0.1, 0.15) is 53.1 Å². The lowest BCUT2D eigenvalue weighted by atomic mass is 9.85. The molecule has 2 heterocycles. The van der Waals surface area contributed by atoms with Gasteiger partial charge in [-0.1, -0.05) is 0 Å². The van der Waals surface area contributed by atoms with E-state index in [1.54, 1.807) is 0 Å². The zero-order chi connectivity index (χ0) is 31.1. The van der Waals surface area contributed by atoms with Crippen molar-refractivity contribution in [1.82, 2.24) is 15.2 Å². The molecule has 2 aromatic carbocycles. The number of alkyl halides is 4. The third kappa shape index (κ3) is 5.59. The van der Waals surface area contributed by atoms with Crippen molar-refractivity contribution in [3.8, 4) is 17.0 Å². The van der Waals surface area contributed by atoms with Gasteiger partial charge >= 0.3 is 0 Å². The number of methoxy groups -OCH3 is 1. The first-order valence-electron chi connectivity index (χ1n) is 12.2. The topological polar surface area (TPSA) is 131 Å². The quantitative estimate of drug-likeness (QED) is 0.234. The van der Waals surface area contributed by atoms with E-state index in [2.05, 4.69) is 15.2 Å². The SMILES string of the molecule is COc1cc(C(N)=O)cc2c(CC(O)(c3cc(C(C)(C)O)c(F)c(-c4ccc(F)cc4)n3)C(F)F)c(C(F)F)nnc12. The molecule has 1 unspecified atom stereocenters. The summed E-state index contributed by atoms with van der Waals surface area (Å²) in [6, 6.07) is 6.99. The molecule has 0 spiro atoms. The Bertz CT molecular complexity index is 1660. The maximum absolute atomic E-state index is 15.6. The number of ether oxygens (including phenoxy) is 1. The van der Waals surface area contributed by atoms with E-state index in [1.807, 2.05) is 0 Å². The van der Waals surface area contributed by atoms with Gasteiger partial charge in [0.05, 0.1) is 18.4 Å². The van der Waals surface area contributed by atoms with Crippen molar-refractivity contribution in [2.24, 2.45) is 5.73 Å². The Morgan fingerprint density at radius 1 is 1.02 bits per heavy atom. The second kappa shape index (κ2) is 11.2. The number of pyridine rings is 1. The number of amides is 1. The third-order valence-electron chi connectivity index (χ3n) is 6.66. The molecule has 0 aliphatic heterocycles. The van der Waals surface area contributed by atoms with Gasteiger partial charge in [-0.05, 0) is 61.9 Å². The molecule has 0 fully saturated rings. The van der Waals surface area contributed by atoms with Gasteiger partial charge in [0.15, 0.2) is 11.4 Å². The molecule has 1 atom stereocenters. The summed E-state index contributed by atoms with van der Waals surface area (Å²) in [6.45, 7) is 2.30. The number of aromatic nitrogens is 3. The molecular formula is C28H24F6N4O4. The Balaban J connectivity index is 2.05. The van der Waals surface area contributed by atoms with Crippen molar-refractivity contribution in [2.75, 3.05) is 7.11 Å². The van der Waals surface area contributed by atoms with Crippen molar-refractivity contribution in [3.63, 3.8) is 0 Å². The number of halogens is 6. The molecule has 1 amide bonds.